The molecule has 2 fully saturated rings. The van der Waals surface area contributed by atoms with E-state index in [0.717, 1.165) is 45.8 Å². The maximum absolute atomic E-state index is 12.1. The fraction of sp³-hybridized carbons (Fsp3) is 0.923. The number of nitrogens with zero attached hydrogens (tertiary/aromatic N) is 1. The topological polar surface area (TPSA) is 50.8 Å². The zero-order valence-corrected chi connectivity index (χ0v) is 11.2. The number of hydrogen-bond acceptors (Lipinski definition) is 4. The van der Waals surface area contributed by atoms with Gasteiger partial charge in [0.2, 0.25) is 5.91 Å². The number of amides is 1. The van der Waals surface area contributed by atoms with E-state index in [4.69, 9.17) is 9.47 Å². The molecule has 0 aromatic heterocycles. The zero-order valence-electron chi connectivity index (χ0n) is 11.2. The highest BCUT2D eigenvalue weighted by molar-refractivity contribution is 5.76. The predicted molar refractivity (Wildman–Crippen MR) is 68.4 cm³/mol. The van der Waals surface area contributed by atoms with Gasteiger partial charge >= 0.3 is 0 Å². The number of carbonyl (C=O) groups excluding carboxylic acids is 1. The molecule has 2 saturated heterocycles. The molecule has 104 valence electrons. The van der Waals surface area contributed by atoms with Crippen molar-refractivity contribution in [3.05, 3.63) is 0 Å². The van der Waals surface area contributed by atoms with E-state index in [1.165, 1.54) is 0 Å². The third-order valence-electron chi connectivity index (χ3n) is 3.72. The molecule has 1 unspecified atom stereocenters. The molecule has 5 heteroatoms. The van der Waals surface area contributed by atoms with Crippen molar-refractivity contribution in [1.82, 2.24) is 10.2 Å². The molecule has 2 aliphatic heterocycles. The first-order chi connectivity index (χ1) is 8.75. The minimum absolute atomic E-state index is 0.184. The third kappa shape index (κ3) is 4.23. The summed E-state index contributed by atoms with van der Waals surface area (Å²) in [5, 5.41) is 3.32. The highest BCUT2D eigenvalue weighted by Gasteiger charge is 2.22. The number of carbonyl (C=O) groups is 1. The first kappa shape index (κ1) is 13.8. The van der Waals surface area contributed by atoms with Crippen LogP contribution in [0.4, 0.5) is 0 Å². The van der Waals surface area contributed by atoms with Crippen LogP contribution >= 0.6 is 0 Å². The van der Waals surface area contributed by atoms with Crippen LogP contribution in [0.5, 0.6) is 0 Å². The van der Waals surface area contributed by atoms with Crippen LogP contribution in [0.3, 0.4) is 0 Å². The Bertz CT molecular complexity index is 261. The van der Waals surface area contributed by atoms with Gasteiger partial charge in [-0.05, 0) is 18.8 Å². The number of nitrogens with one attached hydrogen (secondary N) is 1. The van der Waals surface area contributed by atoms with E-state index in [1.54, 1.807) is 0 Å². The number of ether oxygens (including phenoxy) is 2. The van der Waals surface area contributed by atoms with Gasteiger partial charge in [-0.2, -0.15) is 0 Å². The normalized spacial score (nSPS) is 25.9. The Morgan fingerprint density at radius 1 is 1.28 bits per heavy atom. The number of morpholine rings is 1. The first-order valence-electron chi connectivity index (χ1n) is 6.88. The summed E-state index contributed by atoms with van der Waals surface area (Å²) >= 11 is 0. The minimum atomic E-state index is 0.184. The molecule has 0 bridgehead atoms. The van der Waals surface area contributed by atoms with Crippen LogP contribution < -0.4 is 5.32 Å². The Morgan fingerprint density at radius 3 is 2.72 bits per heavy atom. The molecule has 5 nitrogen and oxygen atoms in total. The SMILES string of the molecule is CN(CC1CCOCC1)C(=O)CC1COCCN1. The Balaban J connectivity index is 1.69. The van der Waals surface area contributed by atoms with Crippen LogP contribution in [-0.4, -0.2) is 63.4 Å². The molecule has 0 spiro atoms. The van der Waals surface area contributed by atoms with Gasteiger partial charge in [0, 0.05) is 45.8 Å². The average Bonchev–Trinajstić information content (AvgIpc) is 2.41. The van der Waals surface area contributed by atoms with Crippen molar-refractivity contribution in [2.75, 3.05) is 46.6 Å². The van der Waals surface area contributed by atoms with Crippen molar-refractivity contribution in [2.24, 2.45) is 5.92 Å². The van der Waals surface area contributed by atoms with Crippen LogP contribution in [0.2, 0.25) is 0 Å². The number of hydrogen-bond donors (Lipinski definition) is 1. The van der Waals surface area contributed by atoms with E-state index in [2.05, 4.69) is 5.32 Å². The minimum Gasteiger partial charge on any atom is -0.381 e. The summed E-state index contributed by atoms with van der Waals surface area (Å²) in [7, 11) is 1.90. The van der Waals surface area contributed by atoms with Crippen LogP contribution in [0.25, 0.3) is 0 Å². The van der Waals surface area contributed by atoms with Gasteiger partial charge in [0.25, 0.3) is 0 Å². The maximum atomic E-state index is 12.1. The van der Waals surface area contributed by atoms with Crippen LogP contribution in [0, 0.1) is 5.92 Å². The Labute approximate surface area is 109 Å². The van der Waals surface area contributed by atoms with Gasteiger partial charge in [-0.3, -0.25) is 4.79 Å². The lowest BCUT2D eigenvalue weighted by atomic mass is 9.99. The molecule has 2 rings (SSSR count). The van der Waals surface area contributed by atoms with E-state index < -0.39 is 0 Å². The maximum Gasteiger partial charge on any atom is 0.223 e. The van der Waals surface area contributed by atoms with Gasteiger partial charge in [-0.25, -0.2) is 0 Å². The van der Waals surface area contributed by atoms with E-state index in [0.29, 0.717) is 18.9 Å². The molecule has 18 heavy (non-hydrogen) atoms. The summed E-state index contributed by atoms with van der Waals surface area (Å²) in [6.45, 7) is 4.78. The summed E-state index contributed by atoms with van der Waals surface area (Å²) in [4.78, 5) is 14.0. The van der Waals surface area contributed by atoms with E-state index >= 15 is 0 Å². The molecule has 0 aromatic carbocycles. The molecular weight excluding hydrogens is 232 g/mol. The van der Waals surface area contributed by atoms with Crippen molar-refractivity contribution in [1.29, 1.82) is 0 Å². The summed E-state index contributed by atoms with van der Waals surface area (Å²) < 4.78 is 10.7. The summed E-state index contributed by atoms with van der Waals surface area (Å²) in [6.07, 6.45) is 2.69. The molecule has 0 aliphatic carbocycles. The standard InChI is InChI=1S/C13H24N2O3/c1-15(9-11-2-5-17-6-3-11)13(16)8-12-10-18-7-4-14-12/h11-12,14H,2-10H2,1H3. The lowest BCUT2D eigenvalue weighted by molar-refractivity contribution is -0.132. The smallest absolute Gasteiger partial charge is 0.223 e. The second kappa shape index (κ2) is 7.07. The fourth-order valence-corrected chi connectivity index (χ4v) is 2.54. The van der Waals surface area contributed by atoms with Crippen LogP contribution in [0.1, 0.15) is 19.3 Å². The van der Waals surface area contributed by atoms with Crippen molar-refractivity contribution in [2.45, 2.75) is 25.3 Å². The Kier molecular flexibility index (Phi) is 5.41. The Morgan fingerprint density at radius 2 is 2.06 bits per heavy atom. The van der Waals surface area contributed by atoms with Crippen molar-refractivity contribution in [3.63, 3.8) is 0 Å². The lowest BCUT2D eigenvalue weighted by Gasteiger charge is -2.29. The van der Waals surface area contributed by atoms with Crippen LogP contribution in [-0.2, 0) is 14.3 Å². The molecule has 1 N–H and O–H groups in total. The molecule has 2 aliphatic rings. The van der Waals surface area contributed by atoms with E-state index in [-0.39, 0.29) is 11.9 Å². The predicted octanol–water partition coefficient (Wildman–Crippen LogP) is 0.250. The van der Waals surface area contributed by atoms with Gasteiger partial charge in [0.15, 0.2) is 0 Å². The summed E-state index contributed by atoms with van der Waals surface area (Å²) in [5.74, 6) is 0.813. The van der Waals surface area contributed by atoms with Gasteiger partial charge in [0.05, 0.1) is 13.2 Å². The second-order valence-corrected chi connectivity index (χ2v) is 5.26. The molecule has 0 saturated carbocycles. The van der Waals surface area contributed by atoms with E-state index in [9.17, 15) is 4.79 Å². The third-order valence-corrected chi connectivity index (χ3v) is 3.72. The van der Waals surface area contributed by atoms with Gasteiger partial charge in [-0.15, -0.1) is 0 Å². The van der Waals surface area contributed by atoms with Crippen molar-refractivity contribution >= 4 is 5.91 Å². The second-order valence-electron chi connectivity index (χ2n) is 5.26. The molecule has 2 heterocycles. The fourth-order valence-electron chi connectivity index (χ4n) is 2.54. The average molecular weight is 256 g/mol. The first-order valence-corrected chi connectivity index (χ1v) is 6.88. The van der Waals surface area contributed by atoms with Gasteiger partial charge in [-0.1, -0.05) is 0 Å². The molecule has 0 radical (unpaired) electrons. The van der Waals surface area contributed by atoms with Crippen LogP contribution in [0.15, 0.2) is 0 Å². The zero-order chi connectivity index (χ0) is 12.8. The monoisotopic (exact) mass is 256 g/mol. The quantitative estimate of drug-likeness (QED) is 0.783. The molecular formula is C13H24N2O3. The van der Waals surface area contributed by atoms with E-state index in [1.807, 2.05) is 11.9 Å². The largest absolute Gasteiger partial charge is 0.381 e. The molecule has 1 atom stereocenters. The highest BCUT2D eigenvalue weighted by Crippen LogP contribution is 2.16. The summed E-state index contributed by atoms with van der Waals surface area (Å²) in [6, 6.07) is 0.184. The lowest BCUT2D eigenvalue weighted by Crippen LogP contribution is -2.45. The van der Waals surface area contributed by atoms with Crippen molar-refractivity contribution < 1.29 is 14.3 Å². The van der Waals surface area contributed by atoms with Gasteiger partial charge < -0.3 is 19.7 Å². The Hall–Kier alpha value is -0.650. The summed E-state index contributed by atoms with van der Waals surface area (Å²) in [5.41, 5.74) is 0. The van der Waals surface area contributed by atoms with Gasteiger partial charge in [0.1, 0.15) is 0 Å². The molecule has 1 amide bonds. The highest BCUT2D eigenvalue weighted by atomic mass is 16.5. The number of rotatable bonds is 4. The van der Waals surface area contributed by atoms with Crippen molar-refractivity contribution in [3.8, 4) is 0 Å². The molecule has 0 aromatic rings.